The van der Waals surface area contributed by atoms with E-state index < -0.39 is 11.9 Å². The predicted molar refractivity (Wildman–Crippen MR) is 102 cm³/mol. The van der Waals surface area contributed by atoms with Gasteiger partial charge in [0, 0.05) is 25.4 Å². The number of pyridine rings is 1. The lowest BCUT2D eigenvalue weighted by molar-refractivity contribution is -0.139. The maximum atomic E-state index is 13.0. The van der Waals surface area contributed by atoms with Crippen molar-refractivity contribution >= 4 is 23.4 Å². The van der Waals surface area contributed by atoms with E-state index in [1.54, 1.807) is 42.7 Å². The van der Waals surface area contributed by atoms with Gasteiger partial charge in [-0.3, -0.25) is 19.4 Å². The number of aromatic nitrogens is 1. The van der Waals surface area contributed by atoms with Crippen molar-refractivity contribution in [1.29, 1.82) is 5.26 Å². The van der Waals surface area contributed by atoms with Crippen molar-refractivity contribution in [2.45, 2.75) is 38.8 Å². The molecule has 0 N–H and O–H groups in total. The number of carbonyl (C=O) groups excluding carboxylic acids is 3. The predicted octanol–water partition coefficient (Wildman–Crippen LogP) is 2.41. The molecule has 1 fully saturated rings. The Hall–Kier alpha value is -3.53. The fraction of sp³-hybridized carbons (Fsp3) is 0.286. The third kappa shape index (κ3) is 3.91. The van der Waals surface area contributed by atoms with Gasteiger partial charge in [-0.05, 0) is 42.3 Å². The van der Waals surface area contributed by atoms with Gasteiger partial charge in [0.2, 0.25) is 11.8 Å². The van der Waals surface area contributed by atoms with Crippen molar-refractivity contribution in [3.63, 3.8) is 0 Å². The Morgan fingerprint density at radius 1 is 1.29 bits per heavy atom. The minimum atomic E-state index is -0.845. The highest BCUT2D eigenvalue weighted by Gasteiger charge is 2.44. The lowest BCUT2D eigenvalue weighted by Crippen LogP contribution is -2.45. The number of carbonyl (C=O) groups is 3. The van der Waals surface area contributed by atoms with Crippen LogP contribution in [0.3, 0.4) is 0 Å². The van der Waals surface area contributed by atoms with E-state index in [2.05, 4.69) is 4.98 Å². The highest BCUT2D eigenvalue weighted by Crippen LogP contribution is 2.27. The topological polar surface area (TPSA) is 94.4 Å². The largest absolute Gasteiger partial charge is 0.326 e. The van der Waals surface area contributed by atoms with Gasteiger partial charge in [0.25, 0.3) is 5.91 Å². The van der Waals surface area contributed by atoms with Crippen molar-refractivity contribution in [3.05, 3.63) is 59.9 Å². The minimum Gasteiger partial charge on any atom is -0.326 e. The summed E-state index contributed by atoms with van der Waals surface area (Å²) in [5.41, 5.74) is 1.64. The van der Waals surface area contributed by atoms with Gasteiger partial charge < -0.3 is 4.90 Å². The Kier molecular flexibility index (Phi) is 5.80. The Bertz CT molecular complexity index is 919. The number of hydrogen-bond donors (Lipinski definition) is 0. The first-order chi connectivity index (χ1) is 13.5. The molecule has 1 aliphatic heterocycles. The highest BCUT2D eigenvalue weighted by molar-refractivity contribution is 6.23. The molecule has 1 atom stereocenters. The summed E-state index contributed by atoms with van der Waals surface area (Å²) in [6, 6.07) is 11.0. The highest BCUT2D eigenvalue weighted by atomic mass is 16.2. The lowest BCUT2D eigenvalue weighted by atomic mass is 10.1. The second-order valence-corrected chi connectivity index (χ2v) is 6.58. The molecule has 1 aromatic heterocycles. The zero-order valence-corrected chi connectivity index (χ0v) is 15.5. The number of nitriles is 1. The lowest BCUT2D eigenvalue weighted by Gasteiger charge is -2.27. The normalized spacial score (nSPS) is 16.1. The Balaban J connectivity index is 1.88. The molecule has 1 saturated heterocycles. The van der Waals surface area contributed by atoms with Gasteiger partial charge in [-0.25, -0.2) is 4.90 Å². The summed E-state index contributed by atoms with van der Waals surface area (Å²) in [7, 11) is 0. The number of nitrogens with zero attached hydrogens (tertiary/aromatic N) is 4. The SMILES string of the molecule is CCCC(=O)N(Cc1cccnc1)C1CC(=O)N(c2ccc(C#N)cc2)C1=O. The summed E-state index contributed by atoms with van der Waals surface area (Å²) in [6.07, 6.45) is 4.17. The molecule has 7 nitrogen and oxygen atoms in total. The van der Waals surface area contributed by atoms with E-state index in [1.165, 1.54) is 4.90 Å². The van der Waals surface area contributed by atoms with Gasteiger partial charge >= 0.3 is 0 Å². The van der Waals surface area contributed by atoms with Crippen LogP contribution in [0.1, 0.15) is 37.3 Å². The molecule has 7 heteroatoms. The van der Waals surface area contributed by atoms with Gasteiger partial charge in [0.05, 0.1) is 23.7 Å². The Morgan fingerprint density at radius 2 is 2.04 bits per heavy atom. The third-order valence-electron chi connectivity index (χ3n) is 4.61. The van der Waals surface area contributed by atoms with Gasteiger partial charge in [0.15, 0.2) is 0 Å². The third-order valence-corrected chi connectivity index (χ3v) is 4.61. The zero-order chi connectivity index (χ0) is 20.1. The molecule has 0 spiro atoms. The van der Waals surface area contributed by atoms with E-state index >= 15 is 0 Å². The summed E-state index contributed by atoms with van der Waals surface area (Å²) in [4.78, 5) is 45.0. The number of imide groups is 1. The van der Waals surface area contributed by atoms with E-state index in [4.69, 9.17) is 5.26 Å². The smallest absolute Gasteiger partial charge is 0.257 e. The molecule has 0 radical (unpaired) electrons. The van der Waals surface area contributed by atoms with Crippen LogP contribution in [0.15, 0.2) is 48.8 Å². The number of amides is 3. The van der Waals surface area contributed by atoms with Crippen LogP contribution in [0, 0.1) is 11.3 Å². The average molecular weight is 376 g/mol. The summed E-state index contributed by atoms with van der Waals surface area (Å²) < 4.78 is 0. The summed E-state index contributed by atoms with van der Waals surface area (Å²) in [5.74, 6) is -0.956. The number of rotatable bonds is 6. The zero-order valence-electron chi connectivity index (χ0n) is 15.5. The molecule has 1 aromatic carbocycles. The molecule has 2 heterocycles. The first kappa shape index (κ1) is 19.2. The van der Waals surface area contributed by atoms with Crippen LogP contribution in [0.25, 0.3) is 0 Å². The Morgan fingerprint density at radius 3 is 2.64 bits per heavy atom. The van der Waals surface area contributed by atoms with Crippen molar-refractivity contribution in [2.75, 3.05) is 4.90 Å². The summed E-state index contributed by atoms with van der Waals surface area (Å²) in [5, 5.41) is 8.92. The van der Waals surface area contributed by atoms with Crippen LogP contribution in [0.5, 0.6) is 0 Å². The summed E-state index contributed by atoms with van der Waals surface area (Å²) in [6.45, 7) is 2.11. The molecule has 3 amide bonds. The van der Waals surface area contributed by atoms with Gasteiger partial charge in [0.1, 0.15) is 6.04 Å². The van der Waals surface area contributed by atoms with E-state index in [1.807, 2.05) is 19.1 Å². The molecule has 28 heavy (non-hydrogen) atoms. The molecule has 142 valence electrons. The second kappa shape index (κ2) is 8.44. The molecular weight excluding hydrogens is 356 g/mol. The van der Waals surface area contributed by atoms with Crippen molar-refractivity contribution in [2.24, 2.45) is 0 Å². The fourth-order valence-electron chi connectivity index (χ4n) is 3.23. The van der Waals surface area contributed by atoms with Crippen LogP contribution in [0.2, 0.25) is 0 Å². The quantitative estimate of drug-likeness (QED) is 0.722. The van der Waals surface area contributed by atoms with Crippen molar-refractivity contribution in [3.8, 4) is 6.07 Å². The van der Waals surface area contributed by atoms with Crippen LogP contribution in [-0.4, -0.2) is 33.6 Å². The van der Waals surface area contributed by atoms with Crippen LogP contribution >= 0.6 is 0 Å². The maximum absolute atomic E-state index is 13.0. The average Bonchev–Trinajstić information content (AvgIpc) is 3.01. The molecule has 0 aliphatic carbocycles. The molecule has 1 unspecified atom stereocenters. The number of hydrogen-bond acceptors (Lipinski definition) is 5. The van der Waals surface area contributed by atoms with Crippen molar-refractivity contribution < 1.29 is 14.4 Å². The van der Waals surface area contributed by atoms with E-state index in [9.17, 15) is 14.4 Å². The first-order valence-corrected chi connectivity index (χ1v) is 9.10. The van der Waals surface area contributed by atoms with E-state index in [0.29, 0.717) is 24.1 Å². The fourth-order valence-corrected chi connectivity index (χ4v) is 3.23. The second-order valence-electron chi connectivity index (χ2n) is 6.58. The Labute approximate surface area is 163 Å². The number of anilines is 1. The standard InChI is InChI=1S/C21H20N4O3/c1-2-4-19(26)24(14-16-5-3-10-23-13-16)18-11-20(27)25(21(18)28)17-8-6-15(12-22)7-9-17/h3,5-10,13,18H,2,4,11,14H2,1H3. The minimum absolute atomic E-state index is 0.0610. The number of benzene rings is 1. The first-order valence-electron chi connectivity index (χ1n) is 9.10. The molecule has 3 rings (SSSR count). The van der Waals surface area contributed by atoms with Crippen molar-refractivity contribution in [1.82, 2.24) is 9.88 Å². The monoisotopic (exact) mass is 376 g/mol. The van der Waals surface area contributed by atoms with Crippen LogP contribution < -0.4 is 4.90 Å². The van der Waals surface area contributed by atoms with E-state index in [0.717, 1.165) is 10.5 Å². The van der Waals surface area contributed by atoms with Crippen LogP contribution in [0.4, 0.5) is 5.69 Å². The van der Waals surface area contributed by atoms with E-state index in [-0.39, 0.29) is 24.8 Å². The van der Waals surface area contributed by atoms with Gasteiger partial charge in [-0.2, -0.15) is 5.26 Å². The maximum Gasteiger partial charge on any atom is 0.257 e. The van der Waals surface area contributed by atoms with Gasteiger partial charge in [-0.1, -0.05) is 13.0 Å². The molecular formula is C21H20N4O3. The van der Waals surface area contributed by atoms with Crippen LogP contribution in [-0.2, 0) is 20.9 Å². The molecule has 1 aliphatic rings. The molecule has 0 saturated carbocycles. The van der Waals surface area contributed by atoms with Gasteiger partial charge in [-0.15, -0.1) is 0 Å². The molecule has 0 bridgehead atoms. The molecule has 2 aromatic rings. The summed E-state index contributed by atoms with van der Waals surface area (Å²) >= 11 is 0.